The summed E-state index contributed by atoms with van der Waals surface area (Å²) in [6.45, 7) is 7.41. The van der Waals surface area contributed by atoms with Crippen LogP contribution in [0.15, 0.2) is 50.9 Å². The number of aryl methyl sites for hydroxylation is 2. The molecule has 0 fully saturated rings. The Bertz CT molecular complexity index is 836. The second kappa shape index (κ2) is 11.3. The summed E-state index contributed by atoms with van der Waals surface area (Å²) in [4.78, 5) is 4.71. The molecule has 150 valence electrons. The minimum absolute atomic E-state index is 0. The van der Waals surface area contributed by atoms with Gasteiger partial charge in [0.15, 0.2) is 5.96 Å². The molecule has 1 heterocycles. The average Bonchev–Trinajstić information content (AvgIpc) is 3.12. The van der Waals surface area contributed by atoms with Crippen molar-refractivity contribution in [1.82, 2.24) is 15.4 Å². The van der Waals surface area contributed by atoms with Gasteiger partial charge in [0.05, 0.1) is 11.2 Å². The molecule has 0 aliphatic carbocycles. The van der Waals surface area contributed by atoms with Gasteiger partial charge in [0.1, 0.15) is 12.3 Å². The molecule has 0 spiro atoms. The molecule has 1 aromatic carbocycles. The minimum atomic E-state index is -3.54. The van der Waals surface area contributed by atoms with Gasteiger partial charge in [-0.05, 0) is 50.1 Å². The second-order valence-electron chi connectivity index (χ2n) is 5.87. The zero-order valence-corrected chi connectivity index (χ0v) is 18.9. The summed E-state index contributed by atoms with van der Waals surface area (Å²) in [5.74, 6) is 1.37. The van der Waals surface area contributed by atoms with Crippen LogP contribution in [0.3, 0.4) is 0 Å². The Kier molecular flexibility index (Phi) is 9.81. The molecule has 2 aromatic rings. The van der Waals surface area contributed by atoms with Gasteiger partial charge in [-0.15, -0.1) is 24.0 Å². The van der Waals surface area contributed by atoms with Crippen LogP contribution in [-0.2, 0) is 16.6 Å². The molecule has 0 unspecified atom stereocenters. The first kappa shape index (κ1) is 23.4. The third-order valence-electron chi connectivity index (χ3n) is 3.66. The van der Waals surface area contributed by atoms with E-state index >= 15 is 0 Å². The average molecular weight is 506 g/mol. The normalized spacial score (nSPS) is 11.7. The van der Waals surface area contributed by atoms with E-state index in [1.54, 1.807) is 19.3 Å². The van der Waals surface area contributed by atoms with E-state index < -0.39 is 10.0 Å². The Labute approximate surface area is 178 Å². The van der Waals surface area contributed by atoms with Crippen molar-refractivity contribution in [1.29, 1.82) is 0 Å². The number of aliphatic imine (C=N–C) groups is 1. The van der Waals surface area contributed by atoms with Gasteiger partial charge in [0.2, 0.25) is 10.0 Å². The van der Waals surface area contributed by atoms with E-state index in [2.05, 4.69) is 20.3 Å². The lowest BCUT2D eigenvalue weighted by Gasteiger charge is -2.13. The van der Waals surface area contributed by atoms with E-state index in [0.717, 1.165) is 16.9 Å². The van der Waals surface area contributed by atoms with Crippen LogP contribution < -0.4 is 15.4 Å². The fourth-order valence-electron chi connectivity index (χ4n) is 2.34. The fraction of sp³-hybridized carbons (Fsp3) is 0.389. The van der Waals surface area contributed by atoms with Crippen molar-refractivity contribution < 1.29 is 12.8 Å². The highest BCUT2D eigenvalue weighted by atomic mass is 127. The van der Waals surface area contributed by atoms with E-state index in [0.29, 0.717) is 30.5 Å². The van der Waals surface area contributed by atoms with Crippen molar-refractivity contribution in [2.75, 3.05) is 19.6 Å². The maximum Gasteiger partial charge on any atom is 0.240 e. The molecular weight excluding hydrogens is 479 g/mol. The lowest BCUT2D eigenvalue weighted by atomic mass is 10.2. The first-order chi connectivity index (χ1) is 12.4. The number of nitrogens with zero attached hydrogens (tertiary/aromatic N) is 1. The summed E-state index contributed by atoms with van der Waals surface area (Å²) >= 11 is 0. The Hall–Kier alpha value is -1.59. The van der Waals surface area contributed by atoms with Crippen molar-refractivity contribution in [2.45, 2.75) is 32.2 Å². The van der Waals surface area contributed by atoms with Crippen LogP contribution in [0.4, 0.5) is 0 Å². The molecule has 9 heteroatoms. The molecule has 2 rings (SSSR count). The molecule has 0 radical (unpaired) electrons. The topological polar surface area (TPSA) is 95.7 Å². The summed E-state index contributed by atoms with van der Waals surface area (Å²) in [6.07, 6.45) is 1.60. The molecule has 0 saturated heterocycles. The molecule has 27 heavy (non-hydrogen) atoms. The fourth-order valence-corrected chi connectivity index (χ4v) is 3.70. The van der Waals surface area contributed by atoms with E-state index in [9.17, 15) is 8.42 Å². The Morgan fingerprint density at radius 3 is 2.59 bits per heavy atom. The van der Waals surface area contributed by atoms with Crippen LogP contribution in [0.25, 0.3) is 0 Å². The first-order valence-electron chi connectivity index (χ1n) is 8.54. The Morgan fingerprint density at radius 2 is 1.93 bits per heavy atom. The zero-order chi connectivity index (χ0) is 19.0. The van der Waals surface area contributed by atoms with Crippen molar-refractivity contribution in [3.05, 3.63) is 53.5 Å². The van der Waals surface area contributed by atoms with Crippen molar-refractivity contribution in [2.24, 2.45) is 4.99 Å². The van der Waals surface area contributed by atoms with E-state index in [1.165, 1.54) is 0 Å². The summed E-state index contributed by atoms with van der Waals surface area (Å²) in [5, 5.41) is 6.21. The summed E-state index contributed by atoms with van der Waals surface area (Å²) < 4.78 is 32.8. The van der Waals surface area contributed by atoms with E-state index in [1.807, 2.05) is 38.1 Å². The van der Waals surface area contributed by atoms with Crippen LogP contribution in [-0.4, -0.2) is 34.0 Å². The predicted octanol–water partition coefficient (Wildman–Crippen LogP) is 2.55. The van der Waals surface area contributed by atoms with Gasteiger partial charge in [-0.25, -0.2) is 18.1 Å². The number of hydrogen-bond donors (Lipinski definition) is 3. The highest BCUT2D eigenvalue weighted by Crippen LogP contribution is 2.16. The smallest absolute Gasteiger partial charge is 0.240 e. The third kappa shape index (κ3) is 7.51. The van der Waals surface area contributed by atoms with Crippen molar-refractivity contribution >= 4 is 40.0 Å². The lowest BCUT2D eigenvalue weighted by Crippen LogP contribution is -2.41. The number of furan rings is 1. The highest BCUT2D eigenvalue weighted by Gasteiger charge is 2.16. The third-order valence-corrected chi connectivity index (χ3v) is 5.26. The van der Waals surface area contributed by atoms with Gasteiger partial charge in [-0.3, -0.25) is 0 Å². The van der Waals surface area contributed by atoms with Crippen LogP contribution in [0.1, 0.15) is 23.8 Å². The van der Waals surface area contributed by atoms with Crippen molar-refractivity contribution in [3.8, 4) is 0 Å². The summed E-state index contributed by atoms with van der Waals surface area (Å²) in [6, 6.07) is 9.05. The molecule has 1 aromatic heterocycles. The first-order valence-corrected chi connectivity index (χ1v) is 10.0. The Morgan fingerprint density at radius 1 is 1.15 bits per heavy atom. The molecule has 0 amide bonds. The van der Waals surface area contributed by atoms with Gasteiger partial charge in [0.25, 0.3) is 0 Å². The number of guanidine groups is 1. The molecule has 0 atom stereocenters. The summed E-state index contributed by atoms with van der Waals surface area (Å²) in [7, 11) is -3.54. The van der Waals surface area contributed by atoms with Gasteiger partial charge in [-0.1, -0.05) is 12.1 Å². The van der Waals surface area contributed by atoms with Crippen LogP contribution >= 0.6 is 24.0 Å². The standard InChI is InChI=1S/C18H26N4O3S.HI/c1-4-19-18(21-13-16-6-5-11-25-16)20-9-10-22-26(23,24)17-12-14(2)7-8-15(17)3;/h5-8,11-12,22H,4,9-10,13H2,1-3H3,(H2,19,20,21);1H. The van der Waals surface area contributed by atoms with Crippen LogP contribution in [0.5, 0.6) is 0 Å². The number of nitrogens with one attached hydrogen (secondary N) is 3. The van der Waals surface area contributed by atoms with Gasteiger partial charge in [-0.2, -0.15) is 0 Å². The summed E-state index contributed by atoms with van der Waals surface area (Å²) in [5.41, 5.74) is 1.64. The number of rotatable bonds is 8. The monoisotopic (exact) mass is 506 g/mol. The predicted molar refractivity (Wildman–Crippen MR) is 118 cm³/mol. The Balaban J connectivity index is 0.00000364. The highest BCUT2D eigenvalue weighted by molar-refractivity contribution is 14.0. The largest absolute Gasteiger partial charge is 0.467 e. The zero-order valence-electron chi connectivity index (χ0n) is 15.8. The van der Waals surface area contributed by atoms with Crippen LogP contribution in [0, 0.1) is 13.8 Å². The van der Waals surface area contributed by atoms with Crippen molar-refractivity contribution in [3.63, 3.8) is 0 Å². The quantitative estimate of drug-likeness (QED) is 0.222. The van der Waals surface area contributed by atoms with E-state index in [4.69, 9.17) is 4.42 Å². The number of hydrogen-bond acceptors (Lipinski definition) is 4. The molecule has 7 nitrogen and oxygen atoms in total. The maximum absolute atomic E-state index is 12.5. The van der Waals surface area contributed by atoms with E-state index in [-0.39, 0.29) is 30.5 Å². The van der Waals surface area contributed by atoms with Gasteiger partial charge >= 0.3 is 0 Å². The maximum atomic E-state index is 12.5. The molecule has 0 aliphatic heterocycles. The minimum Gasteiger partial charge on any atom is -0.467 e. The lowest BCUT2D eigenvalue weighted by molar-refractivity contribution is 0.512. The van der Waals surface area contributed by atoms with Crippen LogP contribution in [0.2, 0.25) is 0 Å². The molecule has 0 saturated carbocycles. The van der Waals surface area contributed by atoms with Gasteiger partial charge in [0, 0.05) is 19.6 Å². The number of benzene rings is 1. The molecular formula is C18H27IN4O3S. The molecule has 3 N–H and O–H groups in total. The number of sulfonamides is 1. The SMILES string of the molecule is CCNC(=NCc1ccco1)NCCNS(=O)(=O)c1cc(C)ccc1C.I. The second-order valence-corrected chi connectivity index (χ2v) is 7.60. The number of halogens is 1. The van der Waals surface area contributed by atoms with Gasteiger partial charge < -0.3 is 15.1 Å². The molecule has 0 aliphatic rings. The molecule has 0 bridgehead atoms.